The summed E-state index contributed by atoms with van der Waals surface area (Å²) in [6, 6.07) is 18.2. The Labute approximate surface area is 160 Å². The number of benzene rings is 1. The maximum Gasteiger partial charge on any atom is 0.270 e. The molecule has 8 heteroatoms. The van der Waals surface area contributed by atoms with Crippen molar-refractivity contribution in [3.63, 3.8) is 0 Å². The van der Waals surface area contributed by atoms with Gasteiger partial charge in [-0.2, -0.15) is 0 Å². The van der Waals surface area contributed by atoms with E-state index in [0.717, 1.165) is 5.56 Å². The third-order valence-corrected chi connectivity index (χ3v) is 3.90. The fraction of sp³-hybridized carbons (Fsp3) is 0.0500. The first kappa shape index (κ1) is 17.3. The van der Waals surface area contributed by atoms with E-state index >= 15 is 0 Å². The third-order valence-electron chi connectivity index (χ3n) is 3.90. The van der Waals surface area contributed by atoms with Crippen LogP contribution in [0.2, 0.25) is 0 Å². The summed E-state index contributed by atoms with van der Waals surface area (Å²) in [5, 5.41) is 10.3. The molecule has 0 saturated heterocycles. The predicted molar refractivity (Wildman–Crippen MR) is 101 cm³/mol. The summed E-state index contributed by atoms with van der Waals surface area (Å²) in [4.78, 5) is 21.1. The molecule has 0 unspecified atom stereocenters. The van der Waals surface area contributed by atoms with Gasteiger partial charge in [-0.05, 0) is 30.3 Å². The van der Waals surface area contributed by atoms with Crippen LogP contribution in [0.1, 0.15) is 16.1 Å². The van der Waals surface area contributed by atoms with Crippen molar-refractivity contribution in [3.8, 4) is 17.4 Å². The first-order chi connectivity index (χ1) is 13.8. The Balaban J connectivity index is 1.46. The molecule has 1 amide bonds. The molecule has 0 aliphatic carbocycles. The number of aromatic nitrogens is 5. The van der Waals surface area contributed by atoms with Gasteiger partial charge in [-0.1, -0.05) is 30.3 Å². The van der Waals surface area contributed by atoms with Crippen molar-refractivity contribution >= 4 is 5.91 Å². The van der Waals surface area contributed by atoms with E-state index in [4.69, 9.17) is 4.74 Å². The van der Waals surface area contributed by atoms with Crippen LogP contribution in [0.15, 0.2) is 79.5 Å². The van der Waals surface area contributed by atoms with Crippen molar-refractivity contribution in [2.45, 2.75) is 6.54 Å². The first-order valence-electron chi connectivity index (χ1n) is 8.56. The Bertz CT molecular complexity index is 1070. The number of rotatable bonds is 6. The third kappa shape index (κ3) is 4.01. The van der Waals surface area contributed by atoms with Crippen LogP contribution in [0.5, 0.6) is 11.6 Å². The summed E-state index contributed by atoms with van der Waals surface area (Å²) >= 11 is 0. The van der Waals surface area contributed by atoms with Gasteiger partial charge >= 0.3 is 0 Å². The van der Waals surface area contributed by atoms with Gasteiger partial charge in [-0.3, -0.25) is 9.36 Å². The van der Waals surface area contributed by atoms with Gasteiger partial charge in [-0.15, -0.1) is 10.2 Å². The Morgan fingerprint density at radius 1 is 0.964 bits per heavy atom. The quantitative estimate of drug-likeness (QED) is 0.559. The van der Waals surface area contributed by atoms with Crippen molar-refractivity contribution in [3.05, 3.63) is 90.8 Å². The summed E-state index contributed by atoms with van der Waals surface area (Å²) in [7, 11) is 0. The molecule has 1 aromatic carbocycles. The molecule has 0 spiro atoms. The zero-order valence-corrected chi connectivity index (χ0v) is 14.8. The standard InChI is InChI=1S/C20H16N6O2/c27-19(17-9-4-10-18(25-17)26-13-23-24-14-26)22-12-15-6-5-11-21-20(15)28-16-7-2-1-3-8-16/h1-11,13-14H,12H2,(H,22,27). The van der Waals surface area contributed by atoms with Crippen LogP contribution in [-0.2, 0) is 6.54 Å². The fourth-order valence-electron chi connectivity index (χ4n) is 2.53. The topological polar surface area (TPSA) is 94.8 Å². The van der Waals surface area contributed by atoms with Crippen LogP contribution in [0.4, 0.5) is 0 Å². The average Bonchev–Trinajstić information content (AvgIpc) is 3.29. The van der Waals surface area contributed by atoms with Gasteiger partial charge in [0, 0.05) is 18.3 Å². The molecular formula is C20H16N6O2. The van der Waals surface area contributed by atoms with Gasteiger partial charge in [-0.25, -0.2) is 9.97 Å². The lowest BCUT2D eigenvalue weighted by Gasteiger charge is -2.11. The van der Waals surface area contributed by atoms with E-state index in [1.807, 2.05) is 36.4 Å². The van der Waals surface area contributed by atoms with Gasteiger partial charge in [0.25, 0.3) is 5.91 Å². The highest BCUT2D eigenvalue weighted by Gasteiger charge is 2.11. The minimum atomic E-state index is -0.301. The highest BCUT2D eigenvalue weighted by molar-refractivity contribution is 5.92. The minimum Gasteiger partial charge on any atom is -0.439 e. The Morgan fingerprint density at radius 2 is 1.79 bits per heavy atom. The lowest BCUT2D eigenvalue weighted by molar-refractivity contribution is 0.0945. The van der Waals surface area contributed by atoms with Crippen LogP contribution in [0.25, 0.3) is 5.82 Å². The second-order valence-electron chi connectivity index (χ2n) is 5.82. The van der Waals surface area contributed by atoms with Gasteiger partial charge in [0.1, 0.15) is 29.9 Å². The van der Waals surface area contributed by atoms with Crippen molar-refractivity contribution in [1.82, 2.24) is 30.0 Å². The molecule has 0 radical (unpaired) electrons. The van der Waals surface area contributed by atoms with Gasteiger partial charge < -0.3 is 10.1 Å². The van der Waals surface area contributed by atoms with E-state index in [9.17, 15) is 4.79 Å². The number of ether oxygens (including phenoxy) is 1. The molecule has 8 nitrogen and oxygen atoms in total. The predicted octanol–water partition coefficient (Wildman–Crippen LogP) is 2.78. The fourth-order valence-corrected chi connectivity index (χ4v) is 2.53. The molecule has 138 valence electrons. The summed E-state index contributed by atoms with van der Waals surface area (Å²) in [5.74, 6) is 1.38. The second kappa shape index (κ2) is 8.09. The average molecular weight is 372 g/mol. The SMILES string of the molecule is O=C(NCc1cccnc1Oc1ccccc1)c1cccc(-n2cnnc2)n1. The second-order valence-corrected chi connectivity index (χ2v) is 5.82. The molecule has 0 bridgehead atoms. The molecule has 0 atom stereocenters. The molecule has 0 fully saturated rings. The Hall–Kier alpha value is -4.07. The number of carbonyl (C=O) groups is 1. The number of pyridine rings is 2. The van der Waals surface area contributed by atoms with Gasteiger partial charge in [0.15, 0.2) is 0 Å². The number of carbonyl (C=O) groups excluding carboxylic acids is 1. The Morgan fingerprint density at radius 3 is 2.61 bits per heavy atom. The van der Waals surface area contributed by atoms with E-state index < -0.39 is 0 Å². The number of para-hydroxylation sites is 1. The molecule has 4 aromatic rings. The summed E-state index contributed by atoms with van der Waals surface area (Å²) in [6.45, 7) is 0.257. The van der Waals surface area contributed by atoms with Crippen LogP contribution in [-0.4, -0.2) is 30.6 Å². The van der Waals surface area contributed by atoms with Crippen LogP contribution >= 0.6 is 0 Å². The summed E-state index contributed by atoms with van der Waals surface area (Å²) < 4.78 is 7.45. The molecule has 3 heterocycles. The van der Waals surface area contributed by atoms with Gasteiger partial charge in [0.2, 0.25) is 5.88 Å². The lowest BCUT2D eigenvalue weighted by atomic mass is 10.2. The van der Waals surface area contributed by atoms with Crippen molar-refractivity contribution < 1.29 is 9.53 Å². The number of amides is 1. The molecule has 0 aliphatic rings. The van der Waals surface area contributed by atoms with E-state index in [0.29, 0.717) is 23.1 Å². The maximum absolute atomic E-state index is 12.5. The summed E-state index contributed by atoms with van der Waals surface area (Å²) in [6.07, 6.45) is 4.69. The van der Waals surface area contributed by atoms with Crippen LogP contribution in [0.3, 0.4) is 0 Å². The smallest absolute Gasteiger partial charge is 0.270 e. The van der Waals surface area contributed by atoms with Gasteiger partial charge in [0.05, 0.1) is 0 Å². The number of nitrogens with one attached hydrogen (secondary N) is 1. The molecule has 1 N–H and O–H groups in total. The Kier molecular flexibility index (Phi) is 5.01. The molecule has 0 aliphatic heterocycles. The molecular weight excluding hydrogens is 356 g/mol. The van der Waals surface area contributed by atoms with Crippen molar-refractivity contribution in [2.75, 3.05) is 0 Å². The molecule has 0 saturated carbocycles. The number of hydrogen-bond donors (Lipinski definition) is 1. The van der Waals surface area contributed by atoms with E-state index in [1.54, 1.807) is 35.0 Å². The number of nitrogens with zero attached hydrogens (tertiary/aromatic N) is 5. The van der Waals surface area contributed by atoms with E-state index in [1.165, 1.54) is 12.7 Å². The lowest BCUT2D eigenvalue weighted by Crippen LogP contribution is -2.24. The molecule has 3 aromatic heterocycles. The molecule has 4 rings (SSSR count). The van der Waals surface area contributed by atoms with Crippen LogP contribution in [0, 0.1) is 0 Å². The van der Waals surface area contributed by atoms with Crippen molar-refractivity contribution in [1.29, 1.82) is 0 Å². The zero-order chi connectivity index (χ0) is 19.2. The highest BCUT2D eigenvalue weighted by Crippen LogP contribution is 2.22. The molecule has 28 heavy (non-hydrogen) atoms. The van der Waals surface area contributed by atoms with E-state index in [-0.39, 0.29) is 12.5 Å². The summed E-state index contributed by atoms with van der Waals surface area (Å²) in [5.41, 5.74) is 1.05. The van der Waals surface area contributed by atoms with E-state index in [2.05, 4.69) is 25.5 Å². The normalized spacial score (nSPS) is 10.4. The first-order valence-corrected chi connectivity index (χ1v) is 8.56. The maximum atomic E-state index is 12.5. The zero-order valence-electron chi connectivity index (χ0n) is 14.8. The number of hydrogen-bond acceptors (Lipinski definition) is 6. The largest absolute Gasteiger partial charge is 0.439 e. The van der Waals surface area contributed by atoms with Crippen LogP contribution < -0.4 is 10.1 Å². The minimum absolute atomic E-state index is 0.257. The monoisotopic (exact) mass is 372 g/mol. The highest BCUT2D eigenvalue weighted by atomic mass is 16.5. The van der Waals surface area contributed by atoms with Crippen molar-refractivity contribution in [2.24, 2.45) is 0 Å².